The number of nitrogens with one attached hydrogen (secondary N) is 1. The molecule has 27 heavy (non-hydrogen) atoms. The number of amides is 3. The number of aryl methyl sites for hydroxylation is 1. The van der Waals surface area contributed by atoms with E-state index in [1.165, 1.54) is 4.90 Å². The SMILES string of the molecule is CN(C)C(=O)COc1cccc(NC(=O)N2CCCC2c2cccn2C)c1. The molecule has 1 atom stereocenters. The highest BCUT2D eigenvalue weighted by Gasteiger charge is 2.31. The van der Waals surface area contributed by atoms with Gasteiger partial charge in [0.05, 0.1) is 6.04 Å². The molecular weight excluding hydrogens is 344 g/mol. The van der Waals surface area contributed by atoms with Crippen LogP contribution in [0.1, 0.15) is 24.6 Å². The molecule has 1 aromatic carbocycles. The molecule has 1 fully saturated rings. The van der Waals surface area contributed by atoms with Gasteiger partial charge < -0.3 is 24.4 Å². The number of anilines is 1. The van der Waals surface area contributed by atoms with E-state index in [0.717, 1.165) is 25.1 Å². The van der Waals surface area contributed by atoms with Crippen molar-refractivity contribution in [3.63, 3.8) is 0 Å². The Bertz CT molecular complexity index is 815. The monoisotopic (exact) mass is 370 g/mol. The second-order valence-corrected chi connectivity index (χ2v) is 6.93. The third-order valence-corrected chi connectivity index (χ3v) is 4.79. The van der Waals surface area contributed by atoms with E-state index in [0.29, 0.717) is 11.4 Å². The Labute approximate surface area is 159 Å². The third kappa shape index (κ3) is 4.42. The fraction of sp³-hybridized carbons (Fsp3) is 0.400. The number of aromatic nitrogens is 1. The largest absolute Gasteiger partial charge is 0.484 e. The fourth-order valence-corrected chi connectivity index (χ4v) is 3.27. The summed E-state index contributed by atoms with van der Waals surface area (Å²) in [7, 11) is 5.36. The molecule has 0 aliphatic carbocycles. The van der Waals surface area contributed by atoms with Crippen LogP contribution in [-0.4, -0.2) is 53.6 Å². The van der Waals surface area contributed by atoms with Crippen LogP contribution in [0.5, 0.6) is 5.75 Å². The molecule has 144 valence electrons. The van der Waals surface area contributed by atoms with Crippen LogP contribution >= 0.6 is 0 Å². The van der Waals surface area contributed by atoms with Gasteiger partial charge in [-0.15, -0.1) is 0 Å². The van der Waals surface area contributed by atoms with Gasteiger partial charge >= 0.3 is 6.03 Å². The van der Waals surface area contributed by atoms with E-state index in [-0.39, 0.29) is 24.6 Å². The van der Waals surface area contributed by atoms with Crippen molar-refractivity contribution in [1.82, 2.24) is 14.4 Å². The Kier molecular flexibility index (Phi) is 5.69. The molecule has 1 unspecified atom stereocenters. The third-order valence-electron chi connectivity index (χ3n) is 4.79. The van der Waals surface area contributed by atoms with Crippen LogP contribution in [0.25, 0.3) is 0 Å². The summed E-state index contributed by atoms with van der Waals surface area (Å²) < 4.78 is 7.58. The molecule has 2 aromatic rings. The molecule has 1 N–H and O–H groups in total. The average molecular weight is 370 g/mol. The van der Waals surface area contributed by atoms with Gasteiger partial charge in [0.1, 0.15) is 5.75 Å². The van der Waals surface area contributed by atoms with Crippen LogP contribution in [0.4, 0.5) is 10.5 Å². The molecule has 7 heteroatoms. The van der Waals surface area contributed by atoms with Gasteiger partial charge in [0.2, 0.25) is 0 Å². The first-order valence-electron chi connectivity index (χ1n) is 9.07. The maximum absolute atomic E-state index is 12.8. The van der Waals surface area contributed by atoms with E-state index in [4.69, 9.17) is 4.74 Å². The maximum Gasteiger partial charge on any atom is 0.322 e. The Morgan fingerprint density at radius 2 is 2.07 bits per heavy atom. The fourth-order valence-electron chi connectivity index (χ4n) is 3.27. The highest BCUT2D eigenvalue weighted by atomic mass is 16.5. The summed E-state index contributed by atoms with van der Waals surface area (Å²) in [6.07, 6.45) is 3.94. The van der Waals surface area contributed by atoms with Crippen molar-refractivity contribution >= 4 is 17.6 Å². The lowest BCUT2D eigenvalue weighted by Gasteiger charge is -2.25. The molecule has 3 rings (SSSR count). The maximum atomic E-state index is 12.8. The summed E-state index contributed by atoms with van der Waals surface area (Å²) in [6, 6.07) is 11.1. The number of ether oxygens (including phenoxy) is 1. The number of rotatable bonds is 5. The molecule has 0 saturated carbocycles. The van der Waals surface area contributed by atoms with Crippen LogP contribution in [0.15, 0.2) is 42.6 Å². The summed E-state index contributed by atoms with van der Waals surface area (Å²) >= 11 is 0. The standard InChI is InChI=1S/C20H26N4O3/c1-22(2)19(25)14-27-16-8-4-7-15(13-16)21-20(26)24-12-6-10-18(24)17-9-5-11-23(17)3/h4-5,7-9,11,13,18H,6,10,12,14H2,1-3H3,(H,21,26). The number of nitrogens with zero attached hydrogens (tertiary/aromatic N) is 3. The average Bonchev–Trinajstić information content (AvgIpc) is 3.28. The molecule has 1 aliphatic rings. The second kappa shape index (κ2) is 8.16. The molecule has 0 spiro atoms. The lowest BCUT2D eigenvalue weighted by Crippen LogP contribution is -2.35. The summed E-state index contributed by atoms with van der Waals surface area (Å²) in [5.41, 5.74) is 1.79. The molecule has 7 nitrogen and oxygen atoms in total. The van der Waals surface area contributed by atoms with Gasteiger partial charge in [0, 0.05) is 51.3 Å². The molecule has 0 radical (unpaired) electrons. The number of benzene rings is 1. The minimum absolute atomic E-state index is 0.0356. The Hall–Kier alpha value is -2.96. The number of likely N-dealkylation sites (tertiary alicyclic amines) is 1. The van der Waals surface area contributed by atoms with Crippen molar-refractivity contribution in [3.05, 3.63) is 48.3 Å². The number of carbonyl (C=O) groups is 2. The topological polar surface area (TPSA) is 66.8 Å². The second-order valence-electron chi connectivity index (χ2n) is 6.93. The van der Waals surface area contributed by atoms with Crippen molar-refractivity contribution in [1.29, 1.82) is 0 Å². The van der Waals surface area contributed by atoms with Crippen molar-refractivity contribution in [2.45, 2.75) is 18.9 Å². The normalized spacial score (nSPS) is 16.3. The van der Waals surface area contributed by atoms with Gasteiger partial charge in [-0.25, -0.2) is 4.79 Å². The minimum atomic E-state index is -0.125. The van der Waals surface area contributed by atoms with Crippen LogP contribution in [0, 0.1) is 0 Å². The zero-order valence-corrected chi connectivity index (χ0v) is 16.0. The Morgan fingerprint density at radius 3 is 2.78 bits per heavy atom. The van der Waals surface area contributed by atoms with Gasteiger partial charge in [-0.05, 0) is 37.1 Å². The first-order chi connectivity index (χ1) is 13.0. The number of carbonyl (C=O) groups excluding carboxylic acids is 2. The van der Waals surface area contributed by atoms with E-state index in [9.17, 15) is 9.59 Å². The van der Waals surface area contributed by atoms with Crippen LogP contribution < -0.4 is 10.1 Å². The van der Waals surface area contributed by atoms with E-state index in [1.807, 2.05) is 30.3 Å². The molecule has 3 amide bonds. The van der Waals surface area contributed by atoms with Crippen molar-refractivity contribution < 1.29 is 14.3 Å². The van der Waals surface area contributed by atoms with E-state index in [2.05, 4.69) is 16.0 Å². The summed E-state index contributed by atoms with van der Waals surface area (Å²) in [6.45, 7) is 0.696. The van der Waals surface area contributed by atoms with E-state index >= 15 is 0 Å². The quantitative estimate of drug-likeness (QED) is 0.880. The van der Waals surface area contributed by atoms with Gasteiger partial charge in [0.15, 0.2) is 6.61 Å². The smallest absolute Gasteiger partial charge is 0.322 e. The van der Waals surface area contributed by atoms with Crippen LogP contribution in [0.3, 0.4) is 0 Å². The van der Waals surface area contributed by atoms with Gasteiger partial charge in [0.25, 0.3) is 5.91 Å². The highest BCUT2D eigenvalue weighted by molar-refractivity contribution is 5.90. The predicted molar refractivity (Wildman–Crippen MR) is 104 cm³/mol. The molecular formula is C20H26N4O3. The Morgan fingerprint density at radius 1 is 1.26 bits per heavy atom. The Balaban J connectivity index is 1.64. The van der Waals surface area contributed by atoms with Crippen molar-refractivity contribution in [2.75, 3.05) is 32.6 Å². The summed E-state index contributed by atoms with van der Waals surface area (Å²) in [5.74, 6) is 0.426. The van der Waals surface area contributed by atoms with Gasteiger partial charge in [-0.3, -0.25) is 4.79 Å². The summed E-state index contributed by atoms with van der Waals surface area (Å²) in [4.78, 5) is 27.8. The van der Waals surface area contributed by atoms with Crippen LogP contribution in [-0.2, 0) is 11.8 Å². The molecule has 1 aromatic heterocycles. The van der Waals surface area contributed by atoms with E-state index in [1.54, 1.807) is 32.3 Å². The lowest BCUT2D eigenvalue weighted by atomic mass is 10.1. The zero-order chi connectivity index (χ0) is 19.4. The van der Waals surface area contributed by atoms with Gasteiger partial charge in [-0.2, -0.15) is 0 Å². The molecule has 0 bridgehead atoms. The first kappa shape index (κ1) is 18.8. The van der Waals surface area contributed by atoms with E-state index < -0.39 is 0 Å². The summed E-state index contributed by atoms with van der Waals surface area (Å²) in [5, 5.41) is 2.95. The van der Waals surface area contributed by atoms with Crippen LogP contribution in [0.2, 0.25) is 0 Å². The highest BCUT2D eigenvalue weighted by Crippen LogP contribution is 2.32. The number of hydrogen-bond acceptors (Lipinski definition) is 3. The van der Waals surface area contributed by atoms with Crippen molar-refractivity contribution in [2.24, 2.45) is 7.05 Å². The number of likely N-dealkylation sites (N-methyl/N-ethyl adjacent to an activating group) is 1. The van der Waals surface area contributed by atoms with Gasteiger partial charge in [-0.1, -0.05) is 6.07 Å². The zero-order valence-electron chi connectivity index (χ0n) is 16.0. The first-order valence-corrected chi connectivity index (χ1v) is 9.07. The lowest BCUT2D eigenvalue weighted by molar-refractivity contribution is -0.130. The number of urea groups is 1. The van der Waals surface area contributed by atoms with Crippen molar-refractivity contribution in [3.8, 4) is 5.75 Å². The molecule has 1 saturated heterocycles. The number of hydrogen-bond donors (Lipinski definition) is 1. The molecule has 1 aliphatic heterocycles. The minimum Gasteiger partial charge on any atom is -0.484 e. The molecule has 2 heterocycles. The predicted octanol–water partition coefficient (Wildman–Crippen LogP) is 2.86.